The van der Waals surface area contributed by atoms with E-state index in [0.29, 0.717) is 12.0 Å². The first kappa shape index (κ1) is 14.8. The van der Waals surface area contributed by atoms with E-state index in [2.05, 4.69) is 19.2 Å². The van der Waals surface area contributed by atoms with Crippen molar-refractivity contribution in [3.8, 4) is 0 Å². The van der Waals surface area contributed by atoms with Crippen LogP contribution in [0.2, 0.25) is 0 Å². The lowest BCUT2D eigenvalue weighted by molar-refractivity contribution is -0.384. The summed E-state index contributed by atoms with van der Waals surface area (Å²) < 4.78 is 0. The minimum Gasteiger partial charge on any atom is -0.388 e. The van der Waals surface area contributed by atoms with E-state index >= 15 is 0 Å². The number of nitrogens with zero attached hydrogens (tertiary/aromatic N) is 1. The third-order valence-corrected chi connectivity index (χ3v) is 4.23. The first-order valence-corrected chi connectivity index (χ1v) is 7.01. The zero-order valence-electron chi connectivity index (χ0n) is 12.1. The van der Waals surface area contributed by atoms with Gasteiger partial charge >= 0.3 is 0 Å². The molecule has 1 aliphatic carbocycles. The van der Waals surface area contributed by atoms with Crippen molar-refractivity contribution in [1.82, 2.24) is 0 Å². The number of nitrogens with one attached hydrogen (secondary N) is 1. The molecule has 5 heteroatoms. The summed E-state index contributed by atoms with van der Waals surface area (Å²) in [5.41, 5.74) is 0.527. The van der Waals surface area contributed by atoms with E-state index < -0.39 is 10.5 Å². The van der Waals surface area contributed by atoms with Crippen molar-refractivity contribution in [3.63, 3.8) is 0 Å². The van der Waals surface area contributed by atoms with Crippen molar-refractivity contribution in [2.24, 2.45) is 5.41 Å². The Morgan fingerprint density at radius 1 is 1.20 bits per heavy atom. The summed E-state index contributed by atoms with van der Waals surface area (Å²) in [6.45, 7) is 4.95. The quantitative estimate of drug-likeness (QED) is 0.654. The average Bonchev–Trinajstić information content (AvgIpc) is 2.41. The molecule has 0 unspecified atom stereocenters. The van der Waals surface area contributed by atoms with Gasteiger partial charge in [0.25, 0.3) is 5.69 Å². The van der Waals surface area contributed by atoms with Crippen molar-refractivity contribution in [1.29, 1.82) is 0 Å². The number of benzene rings is 1. The number of non-ortho nitro benzene ring substituents is 1. The Morgan fingerprint density at radius 2 is 1.75 bits per heavy atom. The van der Waals surface area contributed by atoms with Crippen LogP contribution in [0.4, 0.5) is 11.4 Å². The number of hydrogen-bond donors (Lipinski definition) is 2. The Hall–Kier alpha value is -1.62. The molecule has 2 N–H and O–H groups in total. The van der Waals surface area contributed by atoms with E-state index in [4.69, 9.17) is 0 Å². The first-order chi connectivity index (χ1) is 9.30. The third kappa shape index (κ3) is 3.70. The third-order valence-electron chi connectivity index (χ3n) is 4.23. The fourth-order valence-corrected chi connectivity index (χ4v) is 2.54. The summed E-state index contributed by atoms with van der Waals surface area (Å²) in [5.74, 6) is 0. The Balaban J connectivity index is 1.90. The molecule has 0 radical (unpaired) electrons. The van der Waals surface area contributed by atoms with Gasteiger partial charge in [0, 0.05) is 24.4 Å². The van der Waals surface area contributed by atoms with Gasteiger partial charge in [0.1, 0.15) is 0 Å². The van der Waals surface area contributed by atoms with E-state index in [1.807, 2.05) is 0 Å². The predicted octanol–water partition coefficient (Wildman–Crippen LogP) is 3.34. The zero-order chi connectivity index (χ0) is 14.8. The van der Waals surface area contributed by atoms with Crippen LogP contribution in [0, 0.1) is 15.5 Å². The normalized spacial score (nSPS) is 20.4. The molecule has 20 heavy (non-hydrogen) atoms. The van der Waals surface area contributed by atoms with Gasteiger partial charge in [-0.1, -0.05) is 13.8 Å². The van der Waals surface area contributed by atoms with Crippen LogP contribution in [-0.4, -0.2) is 22.2 Å². The highest BCUT2D eigenvalue weighted by Gasteiger charge is 2.36. The first-order valence-electron chi connectivity index (χ1n) is 7.01. The van der Waals surface area contributed by atoms with Gasteiger partial charge in [-0.05, 0) is 43.2 Å². The van der Waals surface area contributed by atoms with Gasteiger partial charge in [0.15, 0.2) is 0 Å². The minimum absolute atomic E-state index is 0.0775. The topological polar surface area (TPSA) is 75.4 Å². The van der Waals surface area contributed by atoms with Crippen molar-refractivity contribution in [3.05, 3.63) is 34.4 Å². The number of rotatable bonds is 4. The average molecular weight is 278 g/mol. The molecule has 0 bridgehead atoms. The molecule has 0 aromatic heterocycles. The molecular weight excluding hydrogens is 256 g/mol. The van der Waals surface area contributed by atoms with Gasteiger partial charge in [-0.15, -0.1) is 0 Å². The van der Waals surface area contributed by atoms with Crippen molar-refractivity contribution < 1.29 is 10.0 Å². The maximum atomic E-state index is 10.6. The number of nitro benzene ring substituents is 1. The molecule has 2 rings (SSSR count). The smallest absolute Gasteiger partial charge is 0.269 e. The summed E-state index contributed by atoms with van der Waals surface area (Å²) in [7, 11) is 0. The van der Waals surface area contributed by atoms with Crippen molar-refractivity contribution in [2.45, 2.75) is 45.1 Å². The molecule has 1 saturated carbocycles. The van der Waals surface area contributed by atoms with Crippen LogP contribution in [0.3, 0.4) is 0 Å². The molecule has 1 aromatic rings. The lowest BCUT2D eigenvalue weighted by atomic mass is 9.71. The molecule has 1 aliphatic rings. The highest BCUT2D eigenvalue weighted by molar-refractivity contribution is 5.48. The van der Waals surface area contributed by atoms with Gasteiger partial charge in [-0.3, -0.25) is 10.1 Å². The van der Waals surface area contributed by atoms with E-state index in [1.165, 1.54) is 12.1 Å². The number of aliphatic hydroxyl groups is 1. The summed E-state index contributed by atoms with van der Waals surface area (Å²) in [5, 5.41) is 24.3. The second-order valence-electron chi connectivity index (χ2n) is 6.55. The van der Waals surface area contributed by atoms with E-state index in [1.54, 1.807) is 12.1 Å². The summed E-state index contributed by atoms with van der Waals surface area (Å²) in [6.07, 6.45) is 3.62. The zero-order valence-corrected chi connectivity index (χ0v) is 12.1. The van der Waals surface area contributed by atoms with Gasteiger partial charge in [-0.25, -0.2) is 0 Å². The molecule has 0 atom stereocenters. The highest BCUT2D eigenvalue weighted by atomic mass is 16.6. The molecule has 1 fully saturated rings. The van der Waals surface area contributed by atoms with Crippen LogP contribution in [0.15, 0.2) is 24.3 Å². The molecule has 0 saturated heterocycles. The lowest BCUT2D eigenvalue weighted by Crippen LogP contribution is -2.42. The Kier molecular flexibility index (Phi) is 3.99. The molecule has 110 valence electrons. The minimum atomic E-state index is -0.669. The van der Waals surface area contributed by atoms with Crippen LogP contribution in [-0.2, 0) is 0 Å². The monoisotopic (exact) mass is 278 g/mol. The largest absolute Gasteiger partial charge is 0.388 e. The summed E-state index contributed by atoms with van der Waals surface area (Å²) in [4.78, 5) is 10.2. The van der Waals surface area contributed by atoms with Crippen molar-refractivity contribution in [2.75, 3.05) is 11.9 Å². The van der Waals surface area contributed by atoms with Crippen LogP contribution >= 0.6 is 0 Å². The van der Waals surface area contributed by atoms with Crippen LogP contribution in [0.1, 0.15) is 39.5 Å². The van der Waals surface area contributed by atoms with Crippen LogP contribution in [0.25, 0.3) is 0 Å². The Morgan fingerprint density at radius 3 is 2.25 bits per heavy atom. The summed E-state index contributed by atoms with van der Waals surface area (Å²) >= 11 is 0. The van der Waals surface area contributed by atoms with Gasteiger partial charge in [0.05, 0.1) is 10.5 Å². The number of anilines is 1. The SMILES string of the molecule is CC1(C)CCC(O)(CNc2ccc([N+](=O)[O-])cc2)CC1. The number of hydrogen-bond acceptors (Lipinski definition) is 4. The fourth-order valence-electron chi connectivity index (χ4n) is 2.54. The van der Waals surface area contributed by atoms with Crippen LogP contribution < -0.4 is 5.32 Å². The second-order valence-corrected chi connectivity index (χ2v) is 6.55. The maximum absolute atomic E-state index is 10.6. The molecule has 0 heterocycles. The molecule has 1 aromatic carbocycles. The van der Waals surface area contributed by atoms with Gasteiger partial charge in [-0.2, -0.15) is 0 Å². The second kappa shape index (κ2) is 5.40. The Bertz CT molecular complexity index is 472. The van der Waals surface area contributed by atoms with Gasteiger partial charge in [0.2, 0.25) is 0 Å². The van der Waals surface area contributed by atoms with Crippen molar-refractivity contribution >= 4 is 11.4 Å². The van der Waals surface area contributed by atoms with E-state index in [9.17, 15) is 15.2 Å². The van der Waals surface area contributed by atoms with E-state index in [0.717, 1.165) is 31.4 Å². The summed E-state index contributed by atoms with van der Waals surface area (Å²) in [6, 6.07) is 6.29. The lowest BCUT2D eigenvalue weighted by Gasteiger charge is -2.40. The van der Waals surface area contributed by atoms with E-state index in [-0.39, 0.29) is 5.69 Å². The molecule has 0 amide bonds. The number of nitro groups is 1. The molecule has 5 nitrogen and oxygen atoms in total. The Labute approximate surface area is 119 Å². The standard InChI is InChI=1S/C15H22N2O3/c1-14(2)7-9-15(18,10-8-14)11-16-12-3-5-13(6-4-12)17(19)20/h3-6,16,18H,7-11H2,1-2H3. The maximum Gasteiger partial charge on any atom is 0.269 e. The fraction of sp³-hybridized carbons (Fsp3) is 0.600. The molecule has 0 aliphatic heterocycles. The highest BCUT2D eigenvalue weighted by Crippen LogP contribution is 2.40. The van der Waals surface area contributed by atoms with Crippen LogP contribution in [0.5, 0.6) is 0 Å². The van der Waals surface area contributed by atoms with Gasteiger partial charge < -0.3 is 10.4 Å². The molecular formula is C15H22N2O3. The molecule has 0 spiro atoms. The predicted molar refractivity (Wildman–Crippen MR) is 78.8 cm³/mol.